The van der Waals surface area contributed by atoms with E-state index in [0.29, 0.717) is 23.3 Å². The van der Waals surface area contributed by atoms with Crippen molar-refractivity contribution in [3.63, 3.8) is 0 Å². The lowest BCUT2D eigenvalue weighted by molar-refractivity contribution is -0.119. The van der Waals surface area contributed by atoms with Crippen molar-refractivity contribution in [1.82, 2.24) is 20.1 Å². The number of ether oxygens (including phenoxy) is 1. The molecule has 1 heterocycles. The van der Waals surface area contributed by atoms with Crippen LogP contribution in [0.15, 0.2) is 53.7 Å². The molecule has 8 nitrogen and oxygen atoms in total. The molecular formula is C21H23N5O3S. The molecule has 3 N–H and O–H groups in total. The van der Waals surface area contributed by atoms with Crippen molar-refractivity contribution in [1.29, 1.82) is 0 Å². The van der Waals surface area contributed by atoms with E-state index in [9.17, 15) is 9.59 Å². The van der Waals surface area contributed by atoms with Gasteiger partial charge >= 0.3 is 6.03 Å². The first kappa shape index (κ1) is 21.4. The molecule has 0 saturated carbocycles. The molecule has 0 unspecified atom stereocenters. The van der Waals surface area contributed by atoms with Crippen LogP contribution < -0.4 is 15.8 Å². The number of nitrogens with two attached hydrogens (primary N) is 1. The Morgan fingerprint density at radius 1 is 1.17 bits per heavy atom. The average molecular weight is 426 g/mol. The normalized spacial score (nSPS) is 10.6. The van der Waals surface area contributed by atoms with Gasteiger partial charge in [0.1, 0.15) is 5.75 Å². The van der Waals surface area contributed by atoms with E-state index in [1.165, 1.54) is 11.8 Å². The number of primary amides is 1. The van der Waals surface area contributed by atoms with Crippen LogP contribution in [0.3, 0.4) is 0 Å². The van der Waals surface area contributed by atoms with E-state index in [0.717, 1.165) is 22.6 Å². The van der Waals surface area contributed by atoms with E-state index in [2.05, 4.69) is 15.5 Å². The fourth-order valence-electron chi connectivity index (χ4n) is 2.86. The number of amides is 3. The molecule has 156 valence electrons. The van der Waals surface area contributed by atoms with Gasteiger partial charge in [-0.15, -0.1) is 10.2 Å². The molecule has 0 spiro atoms. The van der Waals surface area contributed by atoms with E-state index in [4.69, 9.17) is 10.5 Å². The van der Waals surface area contributed by atoms with E-state index in [-0.39, 0.29) is 6.42 Å². The Bertz CT molecular complexity index is 1030. The fraction of sp³-hybridized carbons (Fsp3) is 0.238. The number of hydrogen-bond acceptors (Lipinski definition) is 6. The van der Waals surface area contributed by atoms with Crippen molar-refractivity contribution in [3.8, 4) is 22.8 Å². The number of carbonyl (C=O) groups is 2. The number of carbonyl (C=O) groups excluding carboxylic acids is 2. The number of nitrogens with zero attached hydrogens (tertiary/aromatic N) is 3. The van der Waals surface area contributed by atoms with Gasteiger partial charge in [-0.3, -0.25) is 14.7 Å². The minimum Gasteiger partial charge on any atom is -0.494 e. The second-order valence-corrected chi connectivity index (χ2v) is 7.51. The Kier molecular flexibility index (Phi) is 7.08. The molecule has 9 heteroatoms. The number of rotatable bonds is 8. The molecule has 3 amide bonds. The number of thioether (sulfide) groups is 1. The third-order valence-electron chi connectivity index (χ3n) is 4.14. The Hall–Kier alpha value is -3.33. The zero-order valence-electron chi connectivity index (χ0n) is 16.8. The topological polar surface area (TPSA) is 112 Å². The molecule has 0 radical (unpaired) electrons. The lowest BCUT2D eigenvalue weighted by atomic mass is 10.1. The summed E-state index contributed by atoms with van der Waals surface area (Å²) in [5.41, 5.74) is 7.91. The van der Waals surface area contributed by atoms with Crippen LogP contribution in [0.25, 0.3) is 17.1 Å². The van der Waals surface area contributed by atoms with E-state index in [1.807, 2.05) is 66.9 Å². The number of aromatic nitrogens is 3. The maximum Gasteiger partial charge on any atom is 0.318 e. The molecular weight excluding hydrogens is 402 g/mol. The summed E-state index contributed by atoms with van der Waals surface area (Å²) < 4.78 is 7.48. The number of nitrogens with one attached hydrogen (secondary N) is 1. The molecule has 1 aromatic heterocycles. The molecule has 3 rings (SSSR count). The maximum atomic E-state index is 11.7. The predicted molar refractivity (Wildman–Crippen MR) is 116 cm³/mol. The first-order valence-corrected chi connectivity index (χ1v) is 10.4. The Morgan fingerprint density at radius 3 is 2.60 bits per heavy atom. The summed E-state index contributed by atoms with van der Waals surface area (Å²) >= 11 is 1.38. The fourth-order valence-corrected chi connectivity index (χ4v) is 3.75. The number of urea groups is 1. The van der Waals surface area contributed by atoms with Gasteiger partial charge < -0.3 is 10.5 Å². The van der Waals surface area contributed by atoms with Gasteiger partial charge in [0.25, 0.3) is 0 Å². The Morgan fingerprint density at radius 2 is 1.93 bits per heavy atom. The van der Waals surface area contributed by atoms with Gasteiger partial charge in [-0.2, -0.15) is 0 Å². The highest BCUT2D eigenvalue weighted by Crippen LogP contribution is 2.29. The second-order valence-electron chi connectivity index (χ2n) is 6.45. The van der Waals surface area contributed by atoms with Crippen LogP contribution in [0.5, 0.6) is 5.75 Å². The predicted octanol–water partition coefficient (Wildman–Crippen LogP) is 3.32. The molecule has 2 aromatic carbocycles. The lowest BCUT2D eigenvalue weighted by Gasteiger charge is -2.12. The molecule has 30 heavy (non-hydrogen) atoms. The number of aryl methyl sites for hydroxylation is 1. The molecule has 0 atom stereocenters. The van der Waals surface area contributed by atoms with Crippen LogP contribution in [0.2, 0.25) is 0 Å². The summed E-state index contributed by atoms with van der Waals surface area (Å²) in [6.45, 7) is 4.55. The van der Waals surface area contributed by atoms with Crippen molar-refractivity contribution >= 4 is 23.7 Å². The summed E-state index contributed by atoms with van der Waals surface area (Å²) in [7, 11) is 0. The van der Waals surface area contributed by atoms with Gasteiger partial charge in [0.15, 0.2) is 11.0 Å². The van der Waals surface area contributed by atoms with Crippen LogP contribution >= 0.6 is 11.8 Å². The molecule has 0 aliphatic carbocycles. The van der Waals surface area contributed by atoms with Gasteiger partial charge in [0.2, 0.25) is 5.91 Å². The SMILES string of the molecule is CCOc1ccc(-n2c(SCCC(=O)NC(N)=O)nnc2-c2cccc(C)c2)cc1. The van der Waals surface area contributed by atoms with Crippen LogP contribution in [-0.2, 0) is 4.79 Å². The lowest BCUT2D eigenvalue weighted by Crippen LogP contribution is -2.35. The van der Waals surface area contributed by atoms with Gasteiger partial charge in [-0.1, -0.05) is 35.5 Å². The van der Waals surface area contributed by atoms with Crippen molar-refractivity contribution in [3.05, 3.63) is 54.1 Å². The zero-order chi connectivity index (χ0) is 21.5. The minimum absolute atomic E-state index is 0.128. The highest BCUT2D eigenvalue weighted by molar-refractivity contribution is 7.99. The molecule has 0 saturated heterocycles. The van der Waals surface area contributed by atoms with Crippen LogP contribution in [0.4, 0.5) is 4.79 Å². The largest absolute Gasteiger partial charge is 0.494 e. The Balaban J connectivity index is 1.90. The summed E-state index contributed by atoms with van der Waals surface area (Å²) in [6, 6.07) is 14.8. The maximum absolute atomic E-state index is 11.7. The first-order valence-electron chi connectivity index (χ1n) is 9.45. The van der Waals surface area contributed by atoms with Gasteiger partial charge in [0.05, 0.1) is 6.61 Å². The highest BCUT2D eigenvalue weighted by Gasteiger charge is 2.17. The summed E-state index contributed by atoms with van der Waals surface area (Å²) in [6.07, 6.45) is 0.128. The van der Waals surface area contributed by atoms with Gasteiger partial charge in [-0.25, -0.2) is 4.79 Å². The van der Waals surface area contributed by atoms with Crippen molar-refractivity contribution in [2.75, 3.05) is 12.4 Å². The third kappa shape index (κ3) is 5.38. The van der Waals surface area contributed by atoms with Gasteiger partial charge in [0, 0.05) is 23.4 Å². The van der Waals surface area contributed by atoms with Crippen molar-refractivity contribution in [2.24, 2.45) is 5.73 Å². The highest BCUT2D eigenvalue weighted by atomic mass is 32.2. The minimum atomic E-state index is -0.857. The van der Waals surface area contributed by atoms with Gasteiger partial charge in [-0.05, 0) is 44.2 Å². The quantitative estimate of drug-likeness (QED) is 0.536. The van der Waals surface area contributed by atoms with Crippen molar-refractivity contribution < 1.29 is 14.3 Å². The summed E-state index contributed by atoms with van der Waals surface area (Å²) in [5, 5.41) is 11.4. The average Bonchev–Trinajstić information content (AvgIpc) is 3.12. The van der Waals surface area contributed by atoms with Crippen LogP contribution in [-0.4, -0.2) is 39.1 Å². The number of hydrogen-bond donors (Lipinski definition) is 2. The van der Waals surface area contributed by atoms with Crippen LogP contribution in [0.1, 0.15) is 18.9 Å². The number of imide groups is 1. The van der Waals surface area contributed by atoms with E-state index in [1.54, 1.807) is 0 Å². The van der Waals surface area contributed by atoms with Crippen LogP contribution in [0, 0.1) is 6.92 Å². The third-order valence-corrected chi connectivity index (χ3v) is 5.07. The summed E-state index contributed by atoms with van der Waals surface area (Å²) in [5.74, 6) is 1.47. The zero-order valence-corrected chi connectivity index (χ0v) is 17.6. The van der Waals surface area contributed by atoms with Crippen molar-refractivity contribution in [2.45, 2.75) is 25.4 Å². The molecule has 0 aliphatic rings. The monoisotopic (exact) mass is 425 g/mol. The molecule has 0 aliphatic heterocycles. The van der Waals surface area contributed by atoms with E-state index >= 15 is 0 Å². The first-order chi connectivity index (χ1) is 14.5. The smallest absolute Gasteiger partial charge is 0.318 e. The number of benzene rings is 2. The summed E-state index contributed by atoms with van der Waals surface area (Å²) in [4.78, 5) is 22.5. The Labute approximate surface area is 178 Å². The standard InChI is InChI=1S/C21H23N5O3S/c1-3-29-17-9-7-16(8-10-17)26-19(15-6-4-5-14(2)13-15)24-25-21(26)30-12-11-18(27)23-20(22)28/h4-10,13H,3,11-12H2,1-2H3,(H3,22,23,27,28). The molecule has 0 bridgehead atoms. The molecule has 0 fully saturated rings. The van der Waals surface area contributed by atoms with E-state index < -0.39 is 11.9 Å². The molecule has 3 aromatic rings. The second kappa shape index (κ2) is 9.93.